The van der Waals surface area contributed by atoms with Crippen molar-refractivity contribution < 1.29 is 0 Å². The molecule has 0 aliphatic rings. The Labute approximate surface area is 95.1 Å². The molecule has 0 saturated heterocycles. The third-order valence-electron chi connectivity index (χ3n) is 2.27. The van der Waals surface area contributed by atoms with E-state index in [9.17, 15) is 0 Å². The third kappa shape index (κ3) is 12.8. The van der Waals surface area contributed by atoms with E-state index >= 15 is 0 Å². The van der Waals surface area contributed by atoms with Crippen molar-refractivity contribution in [3.05, 3.63) is 0 Å². The standard InChI is InChI=1S/2C6H13.Sn/c2*1-4-5-6(2)3;/h2*6H,1,4-5H2,2-3H3;. The van der Waals surface area contributed by atoms with Gasteiger partial charge in [-0.25, -0.2) is 0 Å². The van der Waals surface area contributed by atoms with E-state index in [1.807, 2.05) is 0 Å². The molecule has 0 unspecified atom stereocenters. The molecule has 13 heavy (non-hydrogen) atoms. The van der Waals surface area contributed by atoms with Gasteiger partial charge in [0.2, 0.25) is 0 Å². The average Bonchev–Trinajstić information content (AvgIpc) is 2.01. The molecule has 0 aliphatic heterocycles. The van der Waals surface area contributed by atoms with Crippen LogP contribution >= 0.6 is 0 Å². The fourth-order valence-corrected chi connectivity index (χ4v) is 4.70. The van der Waals surface area contributed by atoms with Crippen LogP contribution in [0.1, 0.15) is 53.4 Å². The summed E-state index contributed by atoms with van der Waals surface area (Å²) in [6, 6.07) is 0. The summed E-state index contributed by atoms with van der Waals surface area (Å²) in [7, 11) is 0. The molecule has 0 fully saturated rings. The summed E-state index contributed by atoms with van der Waals surface area (Å²) in [5.74, 6) is 1.85. The van der Waals surface area contributed by atoms with Gasteiger partial charge in [-0.1, -0.05) is 0 Å². The van der Waals surface area contributed by atoms with Crippen LogP contribution in [0.25, 0.3) is 0 Å². The van der Waals surface area contributed by atoms with Crippen LogP contribution in [0.2, 0.25) is 8.87 Å². The molecular formula is C12H26Sn. The summed E-state index contributed by atoms with van der Waals surface area (Å²) in [6.45, 7) is 9.35. The van der Waals surface area contributed by atoms with Gasteiger partial charge in [-0.15, -0.1) is 0 Å². The average molecular weight is 289 g/mol. The Hall–Kier alpha value is 0.799. The van der Waals surface area contributed by atoms with E-state index in [1.54, 1.807) is 8.87 Å². The predicted octanol–water partition coefficient (Wildman–Crippen LogP) is 4.40. The van der Waals surface area contributed by atoms with Gasteiger partial charge in [0.1, 0.15) is 0 Å². The molecule has 0 heterocycles. The van der Waals surface area contributed by atoms with Crippen molar-refractivity contribution in [2.75, 3.05) is 0 Å². The van der Waals surface area contributed by atoms with Gasteiger partial charge in [0.25, 0.3) is 0 Å². The first kappa shape index (κ1) is 13.8. The minimum atomic E-state index is 0.0717. The second kappa shape index (κ2) is 9.36. The van der Waals surface area contributed by atoms with E-state index in [-0.39, 0.29) is 21.1 Å². The topological polar surface area (TPSA) is 0 Å². The molecule has 0 aromatic carbocycles. The fourth-order valence-electron chi connectivity index (χ4n) is 1.40. The van der Waals surface area contributed by atoms with Crippen molar-refractivity contribution in [1.82, 2.24) is 0 Å². The molecule has 0 bridgehead atoms. The first-order valence-corrected chi connectivity index (χ1v) is 9.87. The van der Waals surface area contributed by atoms with Gasteiger partial charge in [0, 0.05) is 0 Å². The molecule has 0 nitrogen and oxygen atoms in total. The molecule has 0 amide bonds. The Balaban J connectivity index is 2.92. The van der Waals surface area contributed by atoms with E-state index in [2.05, 4.69) is 27.7 Å². The van der Waals surface area contributed by atoms with Crippen LogP contribution in [0.4, 0.5) is 0 Å². The van der Waals surface area contributed by atoms with Gasteiger partial charge in [0.15, 0.2) is 0 Å². The SMILES string of the molecule is CC(C)CC[CH2][Sn][CH2]CCC(C)C. The molecule has 0 aromatic heterocycles. The van der Waals surface area contributed by atoms with Crippen LogP contribution in [0.5, 0.6) is 0 Å². The normalized spacial score (nSPS) is 11.5. The van der Waals surface area contributed by atoms with Gasteiger partial charge in [-0.05, 0) is 0 Å². The van der Waals surface area contributed by atoms with Crippen molar-refractivity contribution in [3.8, 4) is 0 Å². The van der Waals surface area contributed by atoms with Crippen LogP contribution < -0.4 is 0 Å². The van der Waals surface area contributed by atoms with Crippen molar-refractivity contribution in [2.45, 2.75) is 62.3 Å². The molecule has 1 heteroatoms. The van der Waals surface area contributed by atoms with Crippen LogP contribution in [-0.2, 0) is 0 Å². The first-order chi connectivity index (χ1) is 6.13. The summed E-state index contributed by atoms with van der Waals surface area (Å²) < 4.78 is 3.25. The Morgan fingerprint density at radius 2 is 1.15 bits per heavy atom. The van der Waals surface area contributed by atoms with Crippen LogP contribution in [-0.4, -0.2) is 21.1 Å². The van der Waals surface area contributed by atoms with Gasteiger partial charge in [0.05, 0.1) is 0 Å². The van der Waals surface area contributed by atoms with Crippen LogP contribution in [0, 0.1) is 11.8 Å². The quantitative estimate of drug-likeness (QED) is 0.459. The number of hydrogen-bond donors (Lipinski definition) is 0. The second-order valence-corrected chi connectivity index (χ2v) is 9.10. The third-order valence-corrected chi connectivity index (χ3v) is 6.31. The van der Waals surface area contributed by atoms with Crippen molar-refractivity contribution in [3.63, 3.8) is 0 Å². The molecule has 2 radical (unpaired) electrons. The molecule has 0 spiro atoms. The Morgan fingerprint density at radius 3 is 1.46 bits per heavy atom. The zero-order valence-electron chi connectivity index (χ0n) is 9.90. The first-order valence-electron chi connectivity index (χ1n) is 5.83. The molecule has 78 valence electrons. The number of hydrogen-bond acceptors (Lipinski definition) is 0. The zero-order chi connectivity index (χ0) is 10.1. The number of rotatable bonds is 8. The van der Waals surface area contributed by atoms with Gasteiger partial charge in [-0.3, -0.25) is 0 Å². The van der Waals surface area contributed by atoms with E-state index in [0.717, 1.165) is 11.8 Å². The van der Waals surface area contributed by atoms with Crippen LogP contribution in [0.3, 0.4) is 0 Å². The van der Waals surface area contributed by atoms with Crippen LogP contribution in [0.15, 0.2) is 0 Å². The van der Waals surface area contributed by atoms with E-state index < -0.39 is 0 Å². The van der Waals surface area contributed by atoms with Gasteiger partial charge >= 0.3 is 95.2 Å². The summed E-state index contributed by atoms with van der Waals surface area (Å²) in [5, 5.41) is 0. The van der Waals surface area contributed by atoms with E-state index in [4.69, 9.17) is 0 Å². The maximum atomic E-state index is 2.34. The molecule has 0 atom stereocenters. The molecule has 0 saturated carbocycles. The van der Waals surface area contributed by atoms with Crippen molar-refractivity contribution in [2.24, 2.45) is 11.8 Å². The van der Waals surface area contributed by atoms with Crippen molar-refractivity contribution in [1.29, 1.82) is 0 Å². The summed E-state index contributed by atoms with van der Waals surface area (Å²) in [5.41, 5.74) is 0. The monoisotopic (exact) mass is 290 g/mol. The van der Waals surface area contributed by atoms with Gasteiger partial charge in [-0.2, -0.15) is 0 Å². The summed E-state index contributed by atoms with van der Waals surface area (Å²) in [4.78, 5) is 0. The van der Waals surface area contributed by atoms with E-state index in [1.165, 1.54) is 25.7 Å². The minimum absolute atomic E-state index is 0.0717. The molecule has 0 aliphatic carbocycles. The Morgan fingerprint density at radius 1 is 0.769 bits per heavy atom. The van der Waals surface area contributed by atoms with E-state index in [0.29, 0.717) is 0 Å². The maximum absolute atomic E-state index is 2.34. The molecule has 0 N–H and O–H groups in total. The second-order valence-electron chi connectivity index (χ2n) is 4.82. The molecule has 0 aromatic rings. The summed E-state index contributed by atoms with van der Waals surface area (Å²) >= 11 is 0.0717. The van der Waals surface area contributed by atoms with Gasteiger partial charge < -0.3 is 0 Å². The summed E-state index contributed by atoms with van der Waals surface area (Å²) in [6.07, 6.45) is 5.97. The Kier molecular flexibility index (Phi) is 9.93. The Bertz CT molecular complexity index is 85.3. The fraction of sp³-hybridized carbons (Fsp3) is 1.00. The predicted molar refractivity (Wildman–Crippen MR) is 63.5 cm³/mol. The zero-order valence-corrected chi connectivity index (χ0v) is 12.8. The van der Waals surface area contributed by atoms with Crippen molar-refractivity contribution >= 4 is 21.1 Å². The molecule has 0 rings (SSSR count). The molecular weight excluding hydrogens is 263 g/mol.